The highest BCUT2D eigenvalue weighted by Crippen LogP contribution is 2.17. The van der Waals surface area contributed by atoms with Gasteiger partial charge in [0.1, 0.15) is 5.75 Å². The van der Waals surface area contributed by atoms with Crippen molar-refractivity contribution in [1.29, 1.82) is 0 Å². The van der Waals surface area contributed by atoms with Gasteiger partial charge in [-0.05, 0) is 49.0 Å². The van der Waals surface area contributed by atoms with Crippen molar-refractivity contribution in [3.63, 3.8) is 0 Å². The molecule has 0 aliphatic rings. The Balaban J connectivity index is 1.82. The summed E-state index contributed by atoms with van der Waals surface area (Å²) >= 11 is 3.38. The van der Waals surface area contributed by atoms with E-state index in [0.717, 1.165) is 10.0 Å². The van der Waals surface area contributed by atoms with Gasteiger partial charge in [0.2, 0.25) is 5.91 Å². The fourth-order valence-electron chi connectivity index (χ4n) is 2.12. The number of ether oxygens (including phenoxy) is 1. The molecule has 2 rings (SSSR count). The van der Waals surface area contributed by atoms with Gasteiger partial charge in [-0.25, -0.2) is 0 Å². The lowest BCUT2D eigenvalue weighted by Gasteiger charge is -2.16. The Morgan fingerprint density at radius 1 is 1.17 bits per heavy atom. The van der Waals surface area contributed by atoms with Crippen LogP contribution in [0.3, 0.4) is 0 Å². The van der Waals surface area contributed by atoms with E-state index in [1.54, 1.807) is 0 Å². The van der Waals surface area contributed by atoms with Gasteiger partial charge in [0.05, 0.1) is 6.54 Å². The molecule has 0 aliphatic carbocycles. The molecule has 0 saturated heterocycles. The lowest BCUT2D eigenvalue weighted by atomic mass is 10.2. The summed E-state index contributed by atoms with van der Waals surface area (Å²) in [7, 11) is 1.85. The Morgan fingerprint density at radius 2 is 1.79 bits per heavy atom. The van der Waals surface area contributed by atoms with Gasteiger partial charge in [-0.1, -0.05) is 28.1 Å². The number of carbonyl (C=O) groups is 1. The van der Waals surface area contributed by atoms with Crippen molar-refractivity contribution in [1.82, 2.24) is 4.90 Å². The van der Waals surface area contributed by atoms with Crippen molar-refractivity contribution in [3.8, 4) is 5.75 Å². The molecule has 1 amide bonds. The number of likely N-dealkylation sites (N-methyl/N-ethyl adjacent to an activating group) is 1. The molecule has 4 nitrogen and oxygen atoms in total. The molecule has 0 aromatic heterocycles. The van der Waals surface area contributed by atoms with E-state index in [1.165, 1.54) is 24.3 Å². The van der Waals surface area contributed by atoms with Crippen LogP contribution in [0.5, 0.6) is 5.75 Å². The van der Waals surface area contributed by atoms with Crippen LogP contribution in [0, 0.1) is 0 Å². The van der Waals surface area contributed by atoms with Gasteiger partial charge in [-0.3, -0.25) is 9.69 Å². The third-order valence-corrected chi connectivity index (χ3v) is 3.67. The van der Waals surface area contributed by atoms with Crippen LogP contribution in [0.2, 0.25) is 0 Å². The quantitative estimate of drug-likeness (QED) is 0.762. The molecule has 0 radical (unpaired) electrons. The van der Waals surface area contributed by atoms with Crippen molar-refractivity contribution in [2.75, 3.05) is 18.9 Å². The Labute approximate surface area is 147 Å². The molecule has 0 bridgehead atoms. The van der Waals surface area contributed by atoms with E-state index in [4.69, 9.17) is 0 Å². The van der Waals surface area contributed by atoms with Crippen molar-refractivity contribution in [3.05, 3.63) is 58.6 Å². The van der Waals surface area contributed by atoms with Crippen LogP contribution in [0.25, 0.3) is 0 Å². The lowest BCUT2D eigenvalue weighted by molar-refractivity contribution is -0.117. The smallest absolute Gasteiger partial charge is 0.387 e. The van der Waals surface area contributed by atoms with Gasteiger partial charge >= 0.3 is 6.61 Å². The molecule has 0 spiro atoms. The summed E-state index contributed by atoms with van der Waals surface area (Å²) < 4.78 is 29.4. The summed E-state index contributed by atoms with van der Waals surface area (Å²) in [5.41, 5.74) is 1.63. The molecule has 0 fully saturated rings. The predicted molar refractivity (Wildman–Crippen MR) is 92.2 cm³/mol. The molecule has 128 valence electrons. The minimum absolute atomic E-state index is 0.0513. The van der Waals surface area contributed by atoms with Crippen LogP contribution in [-0.2, 0) is 11.3 Å². The summed E-state index contributed by atoms with van der Waals surface area (Å²) in [5, 5.41) is 2.72. The molecule has 0 aliphatic heterocycles. The SMILES string of the molecule is CN(CC(=O)Nc1ccc(OC(F)F)cc1)Cc1ccc(Br)cc1. The first-order valence-corrected chi connectivity index (χ1v) is 7.99. The fourth-order valence-corrected chi connectivity index (χ4v) is 2.39. The summed E-state index contributed by atoms with van der Waals surface area (Å²) in [6, 6.07) is 13.7. The van der Waals surface area contributed by atoms with Gasteiger partial charge < -0.3 is 10.1 Å². The number of alkyl halides is 2. The maximum absolute atomic E-state index is 12.1. The van der Waals surface area contributed by atoms with Crippen molar-refractivity contribution in [2.45, 2.75) is 13.2 Å². The topological polar surface area (TPSA) is 41.6 Å². The second-order valence-electron chi connectivity index (χ2n) is 5.25. The number of amides is 1. The Bertz CT molecular complexity index is 663. The molecule has 1 N–H and O–H groups in total. The van der Waals surface area contributed by atoms with Gasteiger partial charge in [0.15, 0.2) is 0 Å². The number of carbonyl (C=O) groups excluding carboxylic acids is 1. The van der Waals surface area contributed by atoms with Crippen molar-refractivity contribution >= 4 is 27.5 Å². The molecule has 0 saturated carbocycles. The first-order chi connectivity index (χ1) is 11.4. The van der Waals surface area contributed by atoms with Crippen LogP contribution in [0.15, 0.2) is 53.0 Å². The Kier molecular flexibility index (Phi) is 6.69. The summed E-state index contributed by atoms with van der Waals surface area (Å²) in [5.74, 6) is -0.132. The molecular formula is C17H17BrF2N2O2. The maximum Gasteiger partial charge on any atom is 0.387 e. The highest BCUT2D eigenvalue weighted by atomic mass is 79.9. The molecule has 0 unspecified atom stereocenters. The number of halogens is 3. The highest BCUT2D eigenvalue weighted by molar-refractivity contribution is 9.10. The van der Waals surface area contributed by atoms with Gasteiger partial charge in [-0.15, -0.1) is 0 Å². The van der Waals surface area contributed by atoms with Crippen LogP contribution in [0.1, 0.15) is 5.56 Å². The first kappa shape index (κ1) is 18.4. The largest absolute Gasteiger partial charge is 0.435 e. The second kappa shape index (κ2) is 8.75. The van der Waals surface area contributed by atoms with E-state index in [0.29, 0.717) is 12.2 Å². The molecule has 0 heterocycles. The maximum atomic E-state index is 12.1. The zero-order valence-corrected chi connectivity index (χ0v) is 14.6. The fraction of sp³-hybridized carbons (Fsp3) is 0.235. The van der Waals surface area contributed by atoms with Crippen molar-refractivity contribution in [2.24, 2.45) is 0 Å². The number of hydrogen-bond donors (Lipinski definition) is 1. The molecule has 7 heteroatoms. The van der Waals surface area contributed by atoms with E-state index in [-0.39, 0.29) is 18.2 Å². The van der Waals surface area contributed by atoms with E-state index in [2.05, 4.69) is 26.0 Å². The average Bonchev–Trinajstić information content (AvgIpc) is 2.51. The van der Waals surface area contributed by atoms with Gasteiger partial charge in [0, 0.05) is 16.7 Å². The molecule has 24 heavy (non-hydrogen) atoms. The van der Waals surface area contributed by atoms with Gasteiger partial charge in [-0.2, -0.15) is 8.78 Å². The summed E-state index contributed by atoms with van der Waals surface area (Å²) in [6.45, 7) is -2.01. The van der Waals surface area contributed by atoms with Crippen LogP contribution in [0.4, 0.5) is 14.5 Å². The predicted octanol–water partition coefficient (Wildman–Crippen LogP) is 4.12. The second-order valence-corrected chi connectivity index (χ2v) is 6.17. The Morgan fingerprint density at radius 3 is 2.38 bits per heavy atom. The van der Waals surface area contributed by atoms with Gasteiger partial charge in [0.25, 0.3) is 0 Å². The molecule has 0 atom stereocenters. The standard InChI is InChI=1S/C17H17BrF2N2O2/c1-22(10-12-2-4-13(18)5-3-12)11-16(23)21-14-6-8-15(9-7-14)24-17(19)20/h2-9,17H,10-11H2,1H3,(H,21,23). The van der Waals surface area contributed by atoms with E-state index in [9.17, 15) is 13.6 Å². The number of anilines is 1. The van der Waals surface area contributed by atoms with Crippen molar-refractivity contribution < 1.29 is 18.3 Å². The molecule has 2 aromatic rings. The number of nitrogens with one attached hydrogen (secondary N) is 1. The zero-order valence-electron chi connectivity index (χ0n) is 13.0. The highest BCUT2D eigenvalue weighted by Gasteiger charge is 2.09. The third kappa shape index (κ3) is 6.25. The monoisotopic (exact) mass is 398 g/mol. The van der Waals surface area contributed by atoms with E-state index in [1.807, 2.05) is 36.2 Å². The first-order valence-electron chi connectivity index (χ1n) is 7.20. The minimum atomic E-state index is -2.86. The third-order valence-electron chi connectivity index (χ3n) is 3.14. The van der Waals surface area contributed by atoms with E-state index < -0.39 is 6.61 Å². The van der Waals surface area contributed by atoms with Crippen LogP contribution in [-0.4, -0.2) is 31.0 Å². The van der Waals surface area contributed by atoms with E-state index >= 15 is 0 Å². The average molecular weight is 399 g/mol. The summed E-state index contributed by atoms with van der Waals surface area (Å²) in [6.07, 6.45) is 0. The number of hydrogen-bond acceptors (Lipinski definition) is 3. The Hall–Kier alpha value is -1.99. The number of nitrogens with zero attached hydrogens (tertiary/aromatic N) is 1. The molecular weight excluding hydrogens is 382 g/mol. The minimum Gasteiger partial charge on any atom is -0.435 e. The zero-order chi connectivity index (χ0) is 17.5. The number of rotatable bonds is 7. The van der Waals surface area contributed by atoms with Crippen LogP contribution < -0.4 is 10.1 Å². The van der Waals surface area contributed by atoms with Crippen LogP contribution >= 0.6 is 15.9 Å². The number of benzene rings is 2. The normalized spacial score (nSPS) is 10.9. The lowest BCUT2D eigenvalue weighted by Crippen LogP contribution is -2.29. The molecule has 2 aromatic carbocycles. The summed E-state index contributed by atoms with van der Waals surface area (Å²) in [4.78, 5) is 13.9.